The second-order valence-corrected chi connectivity index (χ2v) is 8.34. The molecular formula is C22H14BrCl2F3N2O3. The largest absolute Gasteiger partial charge is 0.481 e. The van der Waals surface area contributed by atoms with Gasteiger partial charge in [0, 0.05) is 22.0 Å². The van der Waals surface area contributed by atoms with Gasteiger partial charge in [0.15, 0.2) is 12.4 Å². The van der Waals surface area contributed by atoms with E-state index in [9.17, 15) is 22.8 Å². The highest BCUT2D eigenvalue weighted by Gasteiger charge is 2.30. The Morgan fingerprint density at radius 2 is 1.64 bits per heavy atom. The van der Waals surface area contributed by atoms with Gasteiger partial charge in [-0.2, -0.15) is 13.2 Å². The molecule has 3 aromatic rings. The van der Waals surface area contributed by atoms with E-state index in [1.807, 2.05) is 0 Å². The molecule has 33 heavy (non-hydrogen) atoms. The van der Waals surface area contributed by atoms with Crippen LogP contribution in [0.2, 0.25) is 10.0 Å². The molecule has 0 saturated heterocycles. The summed E-state index contributed by atoms with van der Waals surface area (Å²) >= 11 is 15.2. The highest BCUT2D eigenvalue weighted by molar-refractivity contribution is 9.10. The van der Waals surface area contributed by atoms with Crippen molar-refractivity contribution in [1.29, 1.82) is 0 Å². The number of nitrogens with one attached hydrogen (secondary N) is 2. The van der Waals surface area contributed by atoms with E-state index in [1.165, 1.54) is 42.5 Å². The van der Waals surface area contributed by atoms with Crippen molar-refractivity contribution in [3.05, 3.63) is 86.3 Å². The summed E-state index contributed by atoms with van der Waals surface area (Å²) in [7, 11) is 0. The molecule has 11 heteroatoms. The average Bonchev–Trinajstić information content (AvgIpc) is 2.73. The zero-order valence-electron chi connectivity index (χ0n) is 16.5. The molecule has 0 fully saturated rings. The number of hydrogen-bond acceptors (Lipinski definition) is 3. The smallest absolute Gasteiger partial charge is 0.416 e. The highest BCUT2D eigenvalue weighted by Crippen LogP contribution is 2.36. The monoisotopic (exact) mass is 560 g/mol. The number of alkyl halides is 3. The molecule has 0 radical (unpaired) electrons. The fraction of sp³-hybridized carbons (Fsp3) is 0.0909. The summed E-state index contributed by atoms with van der Waals surface area (Å²) in [5.74, 6) is -0.815. The summed E-state index contributed by atoms with van der Waals surface area (Å²) in [6.45, 7) is -0.336. The van der Waals surface area contributed by atoms with Crippen LogP contribution < -0.4 is 15.4 Å². The molecule has 0 aliphatic rings. The Morgan fingerprint density at radius 1 is 0.939 bits per heavy atom. The number of hydrogen-bond donors (Lipinski definition) is 2. The first-order chi connectivity index (χ1) is 15.5. The van der Waals surface area contributed by atoms with Crippen molar-refractivity contribution < 1.29 is 27.5 Å². The summed E-state index contributed by atoms with van der Waals surface area (Å²) in [5, 5.41) is 5.65. The first-order valence-corrected chi connectivity index (χ1v) is 10.7. The third-order valence-electron chi connectivity index (χ3n) is 4.19. The molecule has 3 aromatic carbocycles. The predicted octanol–water partition coefficient (Wildman–Crippen LogP) is 7.04. The van der Waals surface area contributed by atoms with Crippen LogP contribution in [0.5, 0.6) is 5.75 Å². The van der Waals surface area contributed by atoms with Gasteiger partial charge in [-0.1, -0.05) is 29.3 Å². The molecule has 2 N–H and O–H groups in total. The lowest BCUT2D eigenvalue weighted by Gasteiger charge is -2.11. The maximum absolute atomic E-state index is 12.8. The number of amides is 2. The van der Waals surface area contributed by atoms with Gasteiger partial charge in [-0.15, -0.1) is 0 Å². The van der Waals surface area contributed by atoms with Gasteiger partial charge < -0.3 is 15.4 Å². The van der Waals surface area contributed by atoms with Crippen LogP contribution in [0.1, 0.15) is 15.9 Å². The van der Waals surface area contributed by atoms with Gasteiger partial charge >= 0.3 is 6.18 Å². The lowest BCUT2D eigenvalue weighted by atomic mass is 10.1. The lowest BCUT2D eigenvalue weighted by Crippen LogP contribution is -2.20. The van der Waals surface area contributed by atoms with Crippen molar-refractivity contribution in [2.24, 2.45) is 0 Å². The topological polar surface area (TPSA) is 67.4 Å². The summed E-state index contributed by atoms with van der Waals surface area (Å²) in [4.78, 5) is 24.5. The molecule has 0 aliphatic carbocycles. The molecule has 0 atom stereocenters. The van der Waals surface area contributed by atoms with Crippen LogP contribution in [-0.4, -0.2) is 18.4 Å². The number of anilines is 2. The molecule has 0 heterocycles. The zero-order chi connectivity index (χ0) is 24.2. The molecule has 2 amide bonds. The van der Waals surface area contributed by atoms with Gasteiger partial charge in [0.05, 0.1) is 15.1 Å². The molecule has 0 bridgehead atoms. The van der Waals surface area contributed by atoms with E-state index >= 15 is 0 Å². The van der Waals surface area contributed by atoms with Crippen LogP contribution in [0.25, 0.3) is 0 Å². The summed E-state index contributed by atoms with van der Waals surface area (Å²) in [6.07, 6.45) is -4.51. The van der Waals surface area contributed by atoms with Gasteiger partial charge in [-0.25, -0.2) is 0 Å². The van der Waals surface area contributed by atoms with E-state index in [0.29, 0.717) is 15.2 Å². The first kappa shape index (κ1) is 24.9. The minimum atomic E-state index is -4.51. The third-order valence-corrected chi connectivity index (χ3v) is 5.28. The normalized spacial score (nSPS) is 11.1. The molecule has 0 saturated carbocycles. The van der Waals surface area contributed by atoms with E-state index in [2.05, 4.69) is 26.6 Å². The Hall–Kier alpha value is -2.75. The zero-order valence-corrected chi connectivity index (χ0v) is 19.6. The van der Waals surface area contributed by atoms with Gasteiger partial charge in [-0.05, 0) is 70.5 Å². The van der Waals surface area contributed by atoms with Crippen molar-refractivity contribution >= 4 is 62.3 Å². The van der Waals surface area contributed by atoms with Gasteiger partial charge in [-0.3, -0.25) is 9.59 Å². The predicted molar refractivity (Wildman–Crippen MR) is 124 cm³/mol. The molecule has 5 nitrogen and oxygen atoms in total. The van der Waals surface area contributed by atoms with Crippen LogP contribution in [0.15, 0.2) is 65.1 Å². The maximum atomic E-state index is 12.8. The number of ether oxygens (including phenoxy) is 1. The second kappa shape index (κ2) is 10.5. The standard InChI is InChI=1S/C22H14BrCl2F3N2O3/c23-17-9-14(24)10-18(25)20(17)33-11-19(31)29-15-6-4-12(5-7-15)21(32)30-16-3-1-2-13(8-16)22(26,27)28/h1-10H,11H2,(H,29,31)(H,30,32). The van der Waals surface area contributed by atoms with Crippen LogP contribution in [-0.2, 0) is 11.0 Å². The Morgan fingerprint density at radius 3 is 2.27 bits per heavy atom. The van der Waals surface area contributed by atoms with E-state index in [4.69, 9.17) is 27.9 Å². The van der Waals surface area contributed by atoms with E-state index in [1.54, 1.807) is 6.07 Å². The number of halogens is 6. The van der Waals surface area contributed by atoms with Crippen LogP contribution >= 0.6 is 39.1 Å². The number of carbonyl (C=O) groups excluding carboxylic acids is 2. The molecule has 0 unspecified atom stereocenters. The summed E-state index contributed by atoms with van der Waals surface area (Å²) < 4.78 is 44.4. The van der Waals surface area contributed by atoms with Crippen molar-refractivity contribution in [3.8, 4) is 5.75 Å². The fourth-order valence-corrected chi connectivity index (χ4v) is 4.05. The van der Waals surface area contributed by atoms with Crippen molar-refractivity contribution in [2.75, 3.05) is 17.2 Å². The molecule has 3 rings (SSSR count). The van der Waals surface area contributed by atoms with E-state index < -0.39 is 23.6 Å². The fourth-order valence-electron chi connectivity index (χ4n) is 2.68. The number of benzene rings is 3. The summed E-state index contributed by atoms with van der Waals surface area (Å²) in [6, 6.07) is 13.2. The molecular weight excluding hydrogens is 548 g/mol. The molecule has 0 spiro atoms. The average molecular weight is 562 g/mol. The minimum Gasteiger partial charge on any atom is -0.481 e. The molecule has 0 aliphatic heterocycles. The summed E-state index contributed by atoms with van der Waals surface area (Å²) in [5.41, 5.74) is -0.275. The SMILES string of the molecule is O=C(COc1c(Cl)cc(Cl)cc1Br)Nc1ccc(C(=O)Nc2cccc(C(F)(F)F)c2)cc1. The first-order valence-electron chi connectivity index (χ1n) is 9.19. The number of rotatable bonds is 6. The van der Waals surface area contributed by atoms with Crippen molar-refractivity contribution in [2.45, 2.75) is 6.18 Å². The van der Waals surface area contributed by atoms with Gasteiger partial charge in [0.25, 0.3) is 11.8 Å². The maximum Gasteiger partial charge on any atom is 0.416 e. The van der Waals surface area contributed by atoms with Crippen LogP contribution in [0, 0.1) is 0 Å². The molecule has 0 aromatic heterocycles. The second-order valence-electron chi connectivity index (χ2n) is 6.65. The quantitative estimate of drug-likeness (QED) is 0.339. The number of carbonyl (C=O) groups is 2. The Bertz CT molecular complexity index is 1170. The van der Waals surface area contributed by atoms with Gasteiger partial charge in [0.2, 0.25) is 0 Å². The molecule has 172 valence electrons. The lowest BCUT2D eigenvalue weighted by molar-refractivity contribution is -0.137. The van der Waals surface area contributed by atoms with Gasteiger partial charge in [0.1, 0.15) is 0 Å². The van der Waals surface area contributed by atoms with Crippen molar-refractivity contribution in [3.63, 3.8) is 0 Å². The van der Waals surface area contributed by atoms with Crippen LogP contribution in [0.4, 0.5) is 24.5 Å². The van der Waals surface area contributed by atoms with E-state index in [-0.39, 0.29) is 28.6 Å². The van der Waals surface area contributed by atoms with Crippen molar-refractivity contribution in [1.82, 2.24) is 0 Å². The Kier molecular flexibility index (Phi) is 7.88. The highest BCUT2D eigenvalue weighted by atomic mass is 79.9. The van der Waals surface area contributed by atoms with Crippen LogP contribution in [0.3, 0.4) is 0 Å². The Balaban J connectivity index is 1.58. The third kappa shape index (κ3) is 6.86. The Labute approximate surface area is 205 Å². The minimum absolute atomic E-state index is 0.0105. The van der Waals surface area contributed by atoms with E-state index in [0.717, 1.165) is 12.1 Å².